The summed E-state index contributed by atoms with van der Waals surface area (Å²) in [6.07, 6.45) is -0.529. The van der Waals surface area contributed by atoms with E-state index < -0.39 is 22.6 Å². The number of thioether (sulfide) groups is 1. The zero-order valence-corrected chi connectivity index (χ0v) is 21.7. The summed E-state index contributed by atoms with van der Waals surface area (Å²) in [6.45, 7) is 2.68. The van der Waals surface area contributed by atoms with Crippen LogP contribution in [0.5, 0.6) is 0 Å². The van der Waals surface area contributed by atoms with Gasteiger partial charge in [0.2, 0.25) is 0 Å². The summed E-state index contributed by atoms with van der Waals surface area (Å²) in [5, 5.41) is 5.52. The number of hydrogen-bond donors (Lipinski definition) is 1. The molecule has 1 aliphatic rings. The Morgan fingerprint density at radius 3 is 2.71 bits per heavy atom. The number of fused-ring (bicyclic) bond motifs is 3. The van der Waals surface area contributed by atoms with Crippen molar-refractivity contribution in [3.05, 3.63) is 60.7 Å². The SMILES string of the molecule is COC(=O)NC[C@@H]1Cn2c(-c3nc(C)cs3)c3c(=O)n(C)c(=O)n(C)c3c2[C@@H](c2ccc(Cl)o2)S1. The van der Waals surface area contributed by atoms with Crippen LogP contribution < -0.4 is 16.6 Å². The first-order chi connectivity index (χ1) is 16.7. The van der Waals surface area contributed by atoms with Gasteiger partial charge in [0.15, 0.2) is 5.22 Å². The van der Waals surface area contributed by atoms with E-state index in [1.54, 1.807) is 30.9 Å². The fraction of sp³-hybridized carbons (Fsp3) is 0.364. The first-order valence-electron chi connectivity index (χ1n) is 10.7. The normalized spacial score (nSPS) is 17.5. The third kappa shape index (κ3) is 3.89. The maximum absolute atomic E-state index is 13.5. The highest BCUT2D eigenvalue weighted by Crippen LogP contribution is 2.49. The maximum atomic E-state index is 13.5. The van der Waals surface area contributed by atoms with E-state index >= 15 is 0 Å². The van der Waals surface area contributed by atoms with Gasteiger partial charge in [0.25, 0.3) is 5.56 Å². The molecule has 13 heteroatoms. The molecule has 2 atom stereocenters. The van der Waals surface area contributed by atoms with Crippen LogP contribution in [0.15, 0.2) is 31.5 Å². The summed E-state index contributed by atoms with van der Waals surface area (Å²) >= 11 is 9.11. The zero-order valence-electron chi connectivity index (χ0n) is 19.3. The quantitative estimate of drug-likeness (QED) is 0.426. The Morgan fingerprint density at radius 2 is 2.09 bits per heavy atom. The fourth-order valence-electron chi connectivity index (χ4n) is 4.44. The van der Waals surface area contributed by atoms with Gasteiger partial charge in [-0.3, -0.25) is 13.9 Å². The molecule has 184 valence electrons. The molecule has 0 bridgehead atoms. The highest BCUT2D eigenvalue weighted by atomic mass is 35.5. The number of hydrogen-bond acceptors (Lipinski definition) is 8. The average Bonchev–Trinajstić information content (AvgIpc) is 3.55. The van der Waals surface area contributed by atoms with Crippen molar-refractivity contribution in [3.63, 3.8) is 0 Å². The maximum Gasteiger partial charge on any atom is 0.406 e. The summed E-state index contributed by atoms with van der Waals surface area (Å²) in [5.41, 5.74) is 1.96. The number of nitrogens with zero attached hydrogens (tertiary/aromatic N) is 4. The second-order valence-electron chi connectivity index (χ2n) is 8.22. The highest BCUT2D eigenvalue weighted by Gasteiger charge is 2.38. The summed E-state index contributed by atoms with van der Waals surface area (Å²) in [6, 6.07) is 3.44. The number of carbonyl (C=O) groups excluding carboxylic acids is 1. The number of furan rings is 1. The van der Waals surface area contributed by atoms with Crippen LogP contribution in [0.4, 0.5) is 4.79 Å². The third-order valence-electron chi connectivity index (χ3n) is 6.00. The van der Waals surface area contributed by atoms with Gasteiger partial charge in [0.1, 0.15) is 16.0 Å². The molecule has 0 aromatic carbocycles. The van der Waals surface area contributed by atoms with Gasteiger partial charge in [-0.1, -0.05) is 0 Å². The lowest BCUT2D eigenvalue weighted by atomic mass is 10.2. The van der Waals surface area contributed by atoms with Crippen LogP contribution >= 0.6 is 34.7 Å². The minimum Gasteiger partial charge on any atom is -0.453 e. The van der Waals surface area contributed by atoms with Crippen molar-refractivity contribution >= 4 is 51.7 Å². The molecule has 0 spiro atoms. The molecule has 0 radical (unpaired) electrons. The van der Waals surface area contributed by atoms with Crippen molar-refractivity contribution < 1.29 is 13.9 Å². The summed E-state index contributed by atoms with van der Waals surface area (Å²) < 4.78 is 15.2. The van der Waals surface area contributed by atoms with Crippen molar-refractivity contribution in [1.82, 2.24) is 24.0 Å². The average molecular weight is 536 g/mol. The van der Waals surface area contributed by atoms with Crippen molar-refractivity contribution in [2.75, 3.05) is 13.7 Å². The van der Waals surface area contributed by atoms with Gasteiger partial charge in [-0.15, -0.1) is 23.1 Å². The van der Waals surface area contributed by atoms with Crippen LogP contribution in [-0.4, -0.2) is 43.7 Å². The second-order valence-corrected chi connectivity index (χ2v) is 10.9. The molecule has 35 heavy (non-hydrogen) atoms. The van der Waals surface area contributed by atoms with Gasteiger partial charge in [-0.25, -0.2) is 14.6 Å². The number of ether oxygens (including phenoxy) is 1. The Labute approximate surface area is 212 Å². The predicted molar refractivity (Wildman–Crippen MR) is 136 cm³/mol. The van der Waals surface area contributed by atoms with E-state index in [9.17, 15) is 14.4 Å². The highest BCUT2D eigenvalue weighted by molar-refractivity contribution is 8.00. The molecule has 5 rings (SSSR count). The number of aromatic nitrogens is 4. The monoisotopic (exact) mass is 535 g/mol. The van der Waals surface area contributed by atoms with Crippen LogP contribution in [0.3, 0.4) is 0 Å². The lowest BCUT2D eigenvalue weighted by molar-refractivity contribution is 0.171. The van der Waals surface area contributed by atoms with Crippen LogP contribution in [0.1, 0.15) is 22.4 Å². The predicted octanol–water partition coefficient (Wildman–Crippen LogP) is 3.28. The molecule has 4 aromatic rings. The second kappa shape index (κ2) is 8.92. The van der Waals surface area contributed by atoms with Gasteiger partial charge >= 0.3 is 11.8 Å². The Morgan fingerprint density at radius 1 is 1.31 bits per heavy atom. The van der Waals surface area contributed by atoms with Gasteiger partial charge in [-0.05, 0) is 30.7 Å². The van der Waals surface area contributed by atoms with Gasteiger partial charge in [0, 0.05) is 43.5 Å². The Balaban J connectivity index is 1.83. The summed E-state index contributed by atoms with van der Waals surface area (Å²) in [5.74, 6) is 0.582. The standard InChI is InChI=1S/C22H22ClN5O5S2/c1-10-9-34-19(25-10)16-14-15(26(2)22(31)27(3)20(14)29)17-18(12-5-6-13(23)33-12)35-11(8-28(16)17)7-24-21(30)32-4/h5-6,9,11,18H,7-8H2,1-4H3,(H,24,30)/t11-,18-/m1/s1. The number of carbonyl (C=O) groups is 1. The van der Waals surface area contributed by atoms with Crippen molar-refractivity contribution in [1.29, 1.82) is 0 Å². The van der Waals surface area contributed by atoms with E-state index in [2.05, 4.69) is 10.3 Å². The molecule has 1 amide bonds. The number of alkyl carbamates (subject to hydrolysis) is 1. The first kappa shape index (κ1) is 23.8. The van der Waals surface area contributed by atoms with Gasteiger partial charge in [0.05, 0.1) is 29.4 Å². The number of aryl methyl sites for hydroxylation is 2. The minimum absolute atomic E-state index is 0.0991. The number of rotatable bonds is 4. The molecule has 0 aliphatic carbocycles. The van der Waals surface area contributed by atoms with E-state index in [4.69, 9.17) is 20.8 Å². The Bertz CT molecular complexity index is 1580. The summed E-state index contributed by atoms with van der Waals surface area (Å²) in [7, 11) is 4.44. The topological polar surface area (TPSA) is 113 Å². The van der Waals surface area contributed by atoms with Gasteiger partial charge < -0.3 is 19.0 Å². The van der Waals surface area contributed by atoms with E-state index in [0.29, 0.717) is 40.5 Å². The van der Waals surface area contributed by atoms with Gasteiger partial charge in [-0.2, -0.15) is 0 Å². The van der Waals surface area contributed by atoms with E-state index in [1.165, 1.54) is 30.1 Å². The smallest absolute Gasteiger partial charge is 0.406 e. The Kier molecular flexibility index (Phi) is 6.06. The molecule has 0 unspecified atom stereocenters. The number of nitrogens with one attached hydrogen (secondary N) is 1. The number of halogens is 1. The van der Waals surface area contributed by atoms with Crippen molar-refractivity contribution in [2.45, 2.75) is 24.0 Å². The molecule has 5 heterocycles. The molecule has 0 saturated carbocycles. The molecule has 10 nitrogen and oxygen atoms in total. The van der Waals surface area contributed by atoms with Crippen LogP contribution in [0, 0.1) is 6.92 Å². The largest absolute Gasteiger partial charge is 0.453 e. The van der Waals surface area contributed by atoms with Crippen molar-refractivity contribution in [2.24, 2.45) is 14.1 Å². The lowest BCUT2D eigenvalue weighted by Crippen LogP contribution is -2.37. The molecule has 0 saturated heterocycles. The molecular weight excluding hydrogens is 514 g/mol. The van der Waals surface area contributed by atoms with Crippen LogP contribution in [0.2, 0.25) is 5.22 Å². The minimum atomic E-state index is -0.529. The number of thiazole rings is 1. The van der Waals surface area contributed by atoms with Crippen molar-refractivity contribution in [3.8, 4) is 10.7 Å². The van der Waals surface area contributed by atoms with E-state index in [0.717, 1.165) is 16.0 Å². The number of methoxy groups -OCH3 is 1. The Hall–Kier alpha value is -2.96. The third-order valence-corrected chi connectivity index (χ3v) is 8.60. The first-order valence-corrected chi connectivity index (χ1v) is 12.9. The lowest BCUT2D eigenvalue weighted by Gasteiger charge is -2.31. The van der Waals surface area contributed by atoms with Crippen LogP contribution in [0.25, 0.3) is 21.6 Å². The molecule has 4 aromatic heterocycles. The van der Waals surface area contributed by atoms with E-state index in [1.807, 2.05) is 16.9 Å². The molecule has 1 N–H and O–H groups in total. The zero-order chi connectivity index (χ0) is 25.0. The number of amides is 1. The molecular formula is C22H22ClN5O5S2. The molecule has 0 fully saturated rings. The van der Waals surface area contributed by atoms with Crippen LogP contribution in [-0.2, 0) is 25.4 Å². The summed E-state index contributed by atoms with van der Waals surface area (Å²) in [4.78, 5) is 42.9. The molecule has 1 aliphatic heterocycles. The fourth-order valence-corrected chi connectivity index (χ4v) is 6.87. The van der Waals surface area contributed by atoms with E-state index in [-0.39, 0.29) is 10.5 Å².